The Morgan fingerprint density at radius 2 is 2.11 bits per heavy atom. The normalized spacial score (nSPS) is 11.6. The molecule has 2 heterocycles. The molecule has 3 rings (SSSR count). The molecule has 1 aromatic carbocycles. The van der Waals surface area contributed by atoms with Crippen LogP contribution in [-0.2, 0) is 23.9 Å². The minimum Gasteiger partial charge on any atom is -0.497 e. The highest BCUT2D eigenvalue weighted by molar-refractivity contribution is 6.31. The Morgan fingerprint density at radius 1 is 1.32 bits per heavy atom. The zero-order valence-corrected chi connectivity index (χ0v) is 15.5. The summed E-state index contributed by atoms with van der Waals surface area (Å²) in [5.74, 6) is -0.847. The maximum absolute atomic E-state index is 13.2. The third kappa shape index (κ3) is 4.36. The molecule has 0 saturated heterocycles. The smallest absolute Gasteiger partial charge is 0.449 e. The van der Waals surface area contributed by atoms with Gasteiger partial charge in [-0.25, -0.2) is 9.97 Å². The van der Waals surface area contributed by atoms with Crippen molar-refractivity contribution in [2.45, 2.75) is 19.1 Å². The van der Waals surface area contributed by atoms with E-state index < -0.39 is 12.0 Å². The molecule has 0 saturated carbocycles. The summed E-state index contributed by atoms with van der Waals surface area (Å²) in [7, 11) is 1.50. The Balaban J connectivity index is 1.67. The fraction of sp³-hybridized carbons (Fsp3) is 0.278. The van der Waals surface area contributed by atoms with Crippen LogP contribution in [-0.4, -0.2) is 34.1 Å². The predicted molar refractivity (Wildman–Crippen MR) is 97.2 cm³/mol. The Kier molecular flexibility index (Phi) is 5.73. The molecule has 0 radical (unpaired) electrons. The number of nitrogens with zero attached hydrogens (tertiary/aromatic N) is 3. The van der Waals surface area contributed by atoms with E-state index in [0.717, 1.165) is 4.57 Å². The predicted octanol–water partition coefficient (Wildman–Crippen LogP) is 3.47. The largest absolute Gasteiger partial charge is 0.497 e. The molecule has 0 spiro atoms. The van der Waals surface area contributed by atoms with Crippen LogP contribution in [0.1, 0.15) is 11.4 Å². The number of alkyl halides is 3. The molecular formula is C18H16ClF3N4O2. The summed E-state index contributed by atoms with van der Waals surface area (Å²) >= 11 is 6.10. The number of halogens is 4. The Hall–Kier alpha value is -2.81. The molecule has 0 aliphatic carbocycles. The molecule has 0 bridgehead atoms. The first-order valence-electron chi connectivity index (χ1n) is 8.27. The van der Waals surface area contributed by atoms with Gasteiger partial charge < -0.3 is 14.6 Å². The summed E-state index contributed by atoms with van der Waals surface area (Å²) < 4.78 is 45.7. The van der Waals surface area contributed by atoms with Gasteiger partial charge in [-0.15, -0.1) is 0 Å². The lowest BCUT2D eigenvalue weighted by Gasteiger charge is -2.12. The summed E-state index contributed by atoms with van der Waals surface area (Å²) in [5, 5.41) is 2.97. The quantitative estimate of drug-likeness (QED) is 0.673. The van der Waals surface area contributed by atoms with Crippen molar-refractivity contribution >= 4 is 28.7 Å². The SMILES string of the molecule is COc1ccc(CC(=O)NCCn2c(C(F)(F)F)nc3cccnc32)c(Cl)c1. The number of fused-ring (bicyclic) bond motifs is 1. The number of imidazole rings is 1. The zero-order valence-electron chi connectivity index (χ0n) is 14.8. The van der Waals surface area contributed by atoms with Gasteiger partial charge in [0.25, 0.3) is 0 Å². The van der Waals surface area contributed by atoms with Gasteiger partial charge in [-0.1, -0.05) is 17.7 Å². The van der Waals surface area contributed by atoms with Crippen molar-refractivity contribution in [3.05, 3.63) is 52.9 Å². The average Bonchev–Trinajstić information content (AvgIpc) is 3.03. The van der Waals surface area contributed by atoms with Crippen molar-refractivity contribution < 1.29 is 22.7 Å². The lowest BCUT2D eigenvalue weighted by Crippen LogP contribution is -2.30. The molecule has 10 heteroatoms. The van der Waals surface area contributed by atoms with Gasteiger partial charge in [-0.05, 0) is 29.8 Å². The van der Waals surface area contributed by atoms with Gasteiger partial charge in [0.05, 0.1) is 13.5 Å². The minimum atomic E-state index is -4.62. The second-order valence-corrected chi connectivity index (χ2v) is 6.32. The maximum atomic E-state index is 13.2. The van der Waals surface area contributed by atoms with Gasteiger partial charge in [0.2, 0.25) is 11.7 Å². The van der Waals surface area contributed by atoms with Crippen LogP contribution in [0.5, 0.6) is 5.75 Å². The van der Waals surface area contributed by atoms with Crippen LogP contribution < -0.4 is 10.1 Å². The van der Waals surface area contributed by atoms with E-state index in [1.54, 1.807) is 18.2 Å². The van der Waals surface area contributed by atoms with Gasteiger partial charge in [-0.3, -0.25) is 4.79 Å². The molecule has 0 atom stereocenters. The number of pyridine rings is 1. The summed E-state index contributed by atoms with van der Waals surface area (Å²) in [6.07, 6.45) is -3.23. The molecular weight excluding hydrogens is 397 g/mol. The molecule has 0 unspecified atom stereocenters. The number of nitrogens with one attached hydrogen (secondary N) is 1. The monoisotopic (exact) mass is 412 g/mol. The van der Waals surface area contributed by atoms with Crippen LogP contribution in [0.4, 0.5) is 13.2 Å². The second kappa shape index (κ2) is 8.05. The Bertz CT molecular complexity index is 1000. The van der Waals surface area contributed by atoms with E-state index in [9.17, 15) is 18.0 Å². The van der Waals surface area contributed by atoms with E-state index in [1.165, 1.54) is 25.4 Å². The molecule has 6 nitrogen and oxygen atoms in total. The number of benzene rings is 1. The first-order valence-corrected chi connectivity index (χ1v) is 8.65. The van der Waals surface area contributed by atoms with E-state index in [2.05, 4.69) is 15.3 Å². The number of hydrogen-bond donors (Lipinski definition) is 1. The first-order chi connectivity index (χ1) is 13.3. The van der Waals surface area contributed by atoms with Crippen molar-refractivity contribution in [3.63, 3.8) is 0 Å². The van der Waals surface area contributed by atoms with Crippen molar-refractivity contribution in [1.82, 2.24) is 19.9 Å². The molecule has 2 aromatic heterocycles. The number of carbonyl (C=O) groups is 1. The van der Waals surface area contributed by atoms with Gasteiger partial charge in [0.15, 0.2) is 5.65 Å². The maximum Gasteiger partial charge on any atom is 0.449 e. The molecule has 1 amide bonds. The Morgan fingerprint density at radius 3 is 2.79 bits per heavy atom. The van der Waals surface area contributed by atoms with Crippen LogP contribution in [0, 0.1) is 0 Å². The van der Waals surface area contributed by atoms with Crippen LogP contribution in [0.15, 0.2) is 36.5 Å². The number of methoxy groups -OCH3 is 1. The van der Waals surface area contributed by atoms with Gasteiger partial charge >= 0.3 is 6.18 Å². The van der Waals surface area contributed by atoms with Gasteiger partial charge in [0, 0.05) is 24.3 Å². The van der Waals surface area contributed by atoms with Crippen LogP contribution >= 0.6 is 11.6 Å². The zero-order chi connectivity index (χ0) is 20.3. The number of hydrogen-bond acceptors (Lipinski definition) is 4. The fourth-order valence-electron chi connectivity index (χ4n) is 2.73. The van der Waals surface area contributed by atoms with Gasteiger partial charge in [-0.2, -0.15) is 13.2 Å². The van der Waals surface area contributed by atoms with E-state index in [0.29, 0.717) is 16.3 Å². The molecule has 0 aliphatic heterocycles. The lowest BCUT2D eigenvalue weighted by molar-refractivity contribution is -0.146. The third-order valence-electron chi connectivity index (χ3n) is 4.03. The van der Waals surface area contributed by atoms with Crippen molar-refractivity contribution in [2.24, 2.45) is 0 Å². The molecule has 1 N–H and O–H groups in total. The first kappa shape index (κ1) is 19.9. The summed E-state index contributed by atoms with van der Waals surface area (Å²) in [5.41, 5.74) is 0.846. The number of rotatable bonds is 6. The number of aromatic nitrogens is 3. The van der Waals surface area contributed by atoms with Crippen LogP contribution in [0.2, 0.25) is 5.02 Å². The Labute approximate surface area is 163 Å². The standard InChI is InChI=1S/C18H16ClF3N4O2/c1-28-12-5-4-11(13(19)10-12)9-15(27)23-7-8-26-16-14(3-2-6-24-16)25-17(26)18(20,21)22/h2-6,10H,7-9H2,1H3,(H,23,27). The molecule has 28 heavy (non-hydrogen) atoms. The molecule has 0 aliphatic rings. The molecule has 3 aromatic rings. The second-order valence-electron chi connectivity index (χ2n) is 5.92. The average molecular weight is 413 g/mol. The number of carbonyl (C=O) groups excluding carboxylic acids is 1. The molecule has 148 valence electrons. The van der Waals surface area contributed by atoms with Crippen LogP contribution in [0.3, 0.4) is 0 Å². The summed E-state index contributed by atoms with van der Waals surface area (Å²) in [6, 6.07) is 7.89. The molecule has 0 fully saturated rings. The van der Waals surface area contributed by atoms with Crippen LogP contribution in [0.25, 0.3) is 11.2 Å². The highest BCUT2D eigenvalue weighted by Crippen LogP contribution is 2.30. The third-order valence-corrected chi connectivity index (χ3v) is 4.38. The summed E-state index contributed by atoms with van der Waals surface area (Å²) in [4.78, 5) is 19.7. The number of ether oxygens (including phenoxy) is 1. The van der Waals surface area contributed by atoms with E-state index in [4.69, 9.17) is 16.3 Å². The van der Waals surface area contributed by atoms with Crippen molar-refractivity contribution in [3.8, 4) is 5.75 Å². The van der Waals surface area contributed by atoms with Crippen molar-refractivity contribution in [2.75, 3.05) is 13.7 Å². The minimum absolute atomic E-state index is 0.00210. The van der Waals surface area contributed by atoms with Gasteiger partial charge in [0.1, 0.15) is 11.3 Å². The highest BCUT2D eigenvalue weighted by atomic mass is 35.5. The lowest BCUT2D eigenvalue weighted by atomic mass is 10.1. The van der Waals surface area contributed by atoms with E-state index >= 15 is 0 Å². The highest BCUT2D eigenvalue weighted by Gasteiger charge is 2.37. The topological polar surface area (TPSA) is 69.0 Å². The number of amides is 1. The van der Waals surface area contributed by atoms with Crippen molar-refractivity contribution in [1.29, 1.82) is 0 Å². The van der Waals surface area contributed by atoms with E-state index in [1.807, 2.05) is 0 Å². The fourth-order valence-corrected chi connectivity index (χ4v) is 2.97. The summed E-state index contributed by atoms with van der Waals surface area (Å²) in [6.45, 7) is -0.137. The van der Waals surface area contributed by atoms with E-state index in [-0.39, 0.29) is 36.6 Å².